The van der Waals surface area contributed by atoms with Crippen LogP contribution in [-0.4, -0.2) is 34.6 Å². The second-order valence-corrected chi connectivity index (χ2v) is 7.68. The third kappa shape index (κ3) is 5.33. The molecule has 6 nitrogen and oxygen atoms in total. The summed E-state index contributed by atoms with van der Waals surface area (Å²) < 4.78 is 45.8. The molecule has 1 amide bonds. The highest BCUT2D eigenvalue weighted by molar-refractivity contribution is 9.10. The molecule has 2 N–H and O–H groups in total. The van der Waals surface area contributed by atoms with Crippen LogP contribution in [0.25, 0.3) is 0 Å². The van der Waals surface area contributed by atoms with E-state index in [1.807, 2.05) is 0 Å². The molecule has 0 aliphatic heterocycles. The second kappa shape index (κ2) is 8.52. The molecule has 2 aromatic carbocycles. The fourth-order valence-electron chi connectivity index (χ4n) is 1.95. The highest BCUT2D eigenvalue weighted by atomic mass is 79.9. The number of benzene rings is 2. The number of hydrogen-bond donors (Lipinski definition) is 2. The summed E-state index contributed by atoms with van der Waals surface area (Å²) in [6.45, 7) is 0.335. The van der Waals surface area contributed by atoms with E-state index in [9.17, 15) is 17.6 Å². The maximum Gasteiger partial charge on any atom is 0.255 e. The molecule has 0 aliphatic carbocycles. The second-order valence-electron chi connectivity index (χ2n) is 5.00. The number of anilines is 1. The highest BCUT2D eigenvalue weighted by Gasteiger charge is 2.16. The van der Waals surface area contributed by atoms with E-state index >= 15 is 0 Å². The molecule has 0 bridgehead atoms. The van der Waals surface area contributed by atoms with Gasteiger partial charge in [0.25, 0.3) is 5.91 Å². The van der Waals surface area contributed by atoms with Crippen LogP contribution in [0.3, 0.4) is 0 Å². The Hall–Kier alpha value is -1.81. The largest absolute Gasteiger partial charge is 0.383 e. The van der Waals surface area contributed by atoms with Crippen LogP contribution in [0.15, 0.2) is 51.8 Å². The molecule has 134 valence electrons. The van der Waals surface area contributed by atoms with Crippen LogP contribution in [0.1, 0.15) is 10.4 Å². The van der Waals surface area contributed by atoms with Gasteiger partial charge in [0.1, 0.15) is 5.82 Å². The summed E-state index contributed by atoms with van der Waals surface area (Å²) in [5.41, 5.74) is 0.0941. The van der Waals surface area contributed by atoms with Gasteiger partial charge in [0.2, 0.25) is 10.0 Å². The van der Waals surface area contributed by atoms with Gasteiger partial charge in [-0.1, -0.05) is 22.0 Å². The van der Waals surface area contributed by atoms with Crippen molar-refractivity contribution in [1.29, 1.82) is 0 Å². The number of hydrogen-bond acceptors (Lipinski definition) is 4. The molecule has 0 atom stereocenters. The first kappa shape index (κ1) is 19.5. The molecule has 25 heavy (non-hydrogen) atoms. The lowest BCUT2D eigenvalue weighted by Gasteiger charge is -2.09. The van der Waals surface area contributed by atoms with Gasteiger partial charge in [0.05, 0.1) is 17.2 Å². The molecule has 0 radical (unpaired) electrons. The minimum absolute atomic E-state index is 0.000297. The van der Waals surface area contributed by atoms with E-state index in [0.29, 0.717) is 4.47 Å². The van der Waals surface area contributed by atoms with Gasteiger partial charge in [-0.25, -0.2) is 17.5 Å². The third-order valence-corrected chi connectivity index (χ3v) is 5.14. The molecule has 0 saturated heterocycles. The molecule has 9 heteroatoms. The van der Waals surface area contributed by atoms with E-state index in [2.05, 4.69) is 26.0 Å². The maximum absolute atomic E-state index is 13.8. The normalized spacial score (nSPS) is 11.3. The Balaban J connectivity index is 2.18. The van der Waals surface area contributed by atoms with Gasteiger partial charge in [-0.05, 0) is 36.4 Å². The number of methoxy groups -OCH3 is 1. The molecule has 0 fully saturated rings. The number of halogens is 2. The Morgan fingerprint density at radius 1 is 1.24 bits per heavy atom. The summed E-state index contributed by atoms with van der Waals surface area (Å²) >= 11 is 3.13. The first-order chi connectivity index (χ1) is 11.8. The fraction of sp³-hybridized carbons (Fsp3) is 0.188. The zero-order valence-electron chi connectivity index (χ0n) is 13.3. The van der Waals surface area contributed by atoms with Crippen molar-refractivity contribution in [2.24, 2.45) is 0 Å². The molecular weight excluding hydrogens is 415 g/mol. The summed E-state index contributed by atoms with van der Waals surface area (Å²) in [4.78, 5) is 12.2. The summed E-state index contributed by atoms with van der Waals surface area (Å²) in [5.74, 6) is -1.22. The first-order valence-corrected chi connectivity index (χ1v) is 9.46. The minimum Gasteiger partial charge on any atom is -0.383 e. The van der Waals surface area contributed by atoms with Crippen molar-refractivity contribution >= 4 is 37.5 Å². The Morgan fingerprint density at radius 2 is 2.00 bits per heavy atom. The molecule has 0 spiro atoms. The van der Waals surface area contributed by atoms with Crippen molar-refractivity contribution in [2.75, 3.05) is 25.6 Å². The average molecular weight is 431 g/mol. The van der Waals surface area contributed by atoms with Crippen LogP contribution >= 0.6 is 15.9 Å². The number of sulfonamides is 1. The van der Waals surface area contributed by atoms with Crippen molar-refractivity contribution in [3.63, 3.8) is 0 Å². The zero-order valence-corrected chi connectivity index (χ0v) is 15.7. The summed E-state index contributed by atoms with van der Waals surface area (Å²) in [5, 5.41) is 2.41. The first-order valence-electron chi connectivity index (χ1n) is 7.18. The number of ether oxygens (including phenoxy) is 1. The van der Waals surface area contributed by atoms with Crippen molar-refractivity contribution in [3.05, 3.63) is 58.3 Å². The highest BCUT2D eigenvalue weighted by Crippen LogP contribution is 2.20. The third-order valence-electron chi connectivity index (χ3n) is 3.18. The monoisotopic (exact) mass is 430 g/mol. The summed E-state index contributed by atoms with van der Waals surface area (Å²) in [6, 6.07) is 9.69. The predicted octanol–water partition coefficient (Wildman–Crippen LogP) is 2.77. The lowest BCUT2D eigenvalue weighted by atomic mass is 10.2. The number of amides is 1. The molecule has 0 aliphatic rings. The number of carbonyl (C=O) groups is 1. The Labute approximate surface area is 153 Å². The number of nitrogens with one attached hydrogen (secondary N) is 2. The average Bonchev–Trinajstić information content (AvgIpc) is 2.57. The van der Waals surface area contributed by atoms with Crippen molar-refractivity contribution in [3.8, 4) is 0 Å². The Bertz CT molecular complexity index is 874. The smallest absolute Gasteiger partial charge is 0.255 e. The van der Waals surface area contributed by atoms with Gasteiger partial charge < -0.3 is 10.1 Å². The minimum atomic E-state index is -3.77. The van der Waals surface area contributed by atoms with Gasteiger partial charge in [-0.2, -0.15) is 0 Å². The van der Waals surface area contributed by atoms with E-state index in [1.54, 1.807) is 6.07 Å². The summed E-state index contributed by atoms with van der Waals surface area (Å²) in [6.07, 6.45) is 0. The Kier molecular flexibility index (Phi) is 6.65. The lowest BCUT2D eigenvalue weighted by molar-refractivity contribution is 0.102. The molecular formula is C16H16BrFN2O4S. The topological polar surface area (TPSA) is 84.5 Å². The van der Waals surface area contributed by atoms with Crippen LogP contribution in [-0.2, 0) is 14.8 Å². The van der Waals surface area contributed by atoms with E-state index in [1.165, 1.54) is 43.5 Å². The van der Waals surface area contributed by atoms with Crippen LogP contribution in [0, 0.1) is 5.82 Å². The molecule has 0 heterocycles. The summed E-state index contributed by atoms with van der Waals surface area (Å²) in [7, 11) is -2.31. The van der Waals surface area contributed by atoms with Crippen LogP contribution in [0.4, 0.5) is 10.1 Å². The van der Waals surface area contributed by atoms with Gasteiger partial charge in [-0.15, -0.1) is 0 Å². The Morgan fingerprint density at radius 3 is 2.68 bits per heavy atom. The van der Waals surface area contributed by atoms with Crippen molar-refractivity contribution in [1.82, 2.24) is 4.72 Å². The number of carbonyl (C=O) groups excluding carboxylic acids is 1. The maximum atomic E-state index is 13.8. The molecule has 2 rings (SSSR count). The molecule has 2 aromatic rings. The lowest BCUT2D eigenvalue weighted by Crippen LogP contribution is -2.27. The van der Waals surface area contributed by atoms with E-state index in [-0.39, 0.29) is 29.3 Å². The number of rotatable bonds is 7. The van der Waals surface area contributed by atoms with E-state index < -0.39 is 21.7 Å². The van der Waals surface area contributed by atoms with E-state index in [0.717, 1.165) is 0 Å². The zero-order chi connectivity index (χ0) is 18.4. The molecule has 0 unspecified atom stereocenters. The van der Waals surface area contributed by atoms with Crippen LogP contribution in [0.5, 0.6) is 0 Å². The predicted molar refractivity (Wildman–Crippen MR) is 95.6 cm³/mol. The fourth-order valence-corrected chi connectivity index (χ4v) is 3.34. The van der Waals surface area contributed by atoms with Crippen LogP contribution < -0.4 is 10.0 Å². The quantitative estimate of drug-likeness (QED) is 0.661. The van der Waals surface area contributed by atoms with Crippen LogP contribution in [0.2, 0.25) is 0 Å². The SMILES string of the molecule is COCCNS(=O)(=O)c1cccc(C(=O)Nc2ccc(Br)cc2F)c1. The van der Waals surface area contributed by atoms with Crippen molar-refractivity contribution in [2.45, 2.75) is 4.90 Å². The molecule has 0 aromatic heterocycles. The van der Waals surface area contributed by atoms with Gasteiger partial charge in [-0.3, -0.25) is 4.79 Å². The van der Waals surface area contributed by atoms with E-state index in [4.69, 9.17) is 4.74 Å². The molecule has 0 saturated carbocycles. The van der Waals surface area contributed by atoms with Crippen molar-refractivity contribution < 1.29 is 22.3 Å². The van der Waals surface area contributed by atoms with Gasteiger partial charge >= 0.3 is 0 Å². The van der Waals surface area contributed by atoms with Gasteiger partial charge in [0.15, 0.2) is 0 Å². The van der Waals surface area contributed by atoms with Gasteiger partial charge in [0, 0.05) is 23.7 Å². The standard InChI is InChI=1S/C16H16BrFN2O4S/c1-24-8-7-19-25(22,23)13-4-2-3-11(9-13)16(21)20-15-6-5-12(17)10-14(15)18/h2-6,9-10,19H,7-8H2,1H3,(H,20,21).